The van der Waals surface area contributed by atoms with Gasteiger partial charge in [-0.1, -0.05) is 29.8 Å². The van der Waals surface area contributed by atoms with Crippen LogP contribution < -0.4 is 5.73 Å². The summed E-state index contributed by atoms with van der Waals surface area (Å²) in [4.78, 5) is 12.6. The summed E-state index contributed by atoms with van der Waals surface area (Å²) in [5.41, 5.74) is 11.8. The summed E-state index contributed by atoms with van der Waals surface area (Å²) in [5.74, 6) is 0.0240. The minimum absolute atomic E-state index is 0.0240. The molecule has 0 bridgehead atoms. The van der Waals surface area contributed by atoms with Crippen molar-refractivity contribution in [2.75, 3.05) is 5.73 Å². The van der Waals surface area contributed by atoms with Gasteiger partial charge in [-0.05, 0) is 55.9 Å². The summed E-state index contributed by atoms with van der Waals surface area (Å²) >= 11 is 0. The molecule has 0 unspecified atom stereocenters. The zero-order chi connectivity index (χ0) is 14.1. The number of fused-ring (bicyclic) bond motifs is 1. The second kappa shape index (κ2) is 5.12. The van der Waals surface area contributed by atoms with Gasteiger partial charge >= 0.3 is 0 Å². The molecule has 2 aromatic rings. The summed E-state index contributed by atoms with van der Waals surface area (Å²) in [5, 5.41) is 0. The van der Waals surface area contributed by atoms with E-state index >= 15 is 0 Å². The Bertz CT molecular complexity index is 656. The number of nitrogen functional groups attached to an aromatic ring is 1. The van der Waals surface area contributed by atoms with Crippen LogP contribution in [0, 0.1) is 6.92 Å². The highest BCUT2D eigenvalue weighted by Crippen LogP contribution is 2.27. The number of nitrogens with two attached hydrogens (primary N) is 1. The molecule has 2 nitrogen and oxygen atoms in total. The number of hydrogen-bond donors (Lipinski definition) is 1. The lowest BCUT2D eigenvalue weighted by Gasteiger charge is -2.18. The van der Waals surface area contributed by atoms with Crippen molar-refractivity contribution in [3.05, 3.63) is 64.2 Å². The van der Waals surface area contributed by atoms with Crippen LogP contribution in [0.5, 0.6) is 0 Å². The Hall–Kier alpha value is -2.09. The van der Waals surface area contributed by atoms with Crippen LogP contribution in [0.3, 0.4) is 0 Å². The molecular weight excluding hydrogens is 246 g/mol. The number of carbonyl (C=O) groups excluding carboxylic acids is 1. The second-order valence-corrected chi connectivity index (χ2v) is 5.61. The van der Waals surface area contributed by atoms with E-state index in [0.29, 0.717) is 16.8 Å². The first-order valence-electron chi connectivity index (χ1n) is 7.18. The number of aryl methyl sites for hydroxylation is 3. The van der Waals surface area contributed by atoms with Crippen LogP contribution in [0.25, 0.3) is 0 Å². The number of carbonyl (C=O) groups is 1. The van der Waals surface area contributed by atoms with Crippen molar-refractivity contribution in [3.8, 4) is 0 Å². The van der Waals surface area contributed by atoms with Gasteiger partial charge in [-0.15, -0.1) is 0 Å². The molecular formula is C18H19NO. The van der Waals surface area contributed by atoms with Gasteiger partial charge in [0.2, 0.25) is 0 Å². The second-order valence-electron chi connectivity index (χ2n) is 5.61. The molecule has 0 saturated heterocycles. The van der Waals surface area contributed by atoms with Crippen molar-refractivity contribution in [2.24, 2.45) is 0 Å². The molecule has 0 heterocycles. The van der Waals surface area contributed by atoms with Crippen LogP contribution in [0.1, 0.15) is 45.5 Å². The van der Waals surface area contributed by atoms with Gasteiger partial charge in [0.25, 0.3) is 0 Å². The molecule has 0 radical (unpaired) electrons. The minimum atomic E-state index is 0.0240. The van der Waals surface area contributed by atoms with Crippen molar-refractivity contribution in [1.29, 1.82) is 0 Å². The predicted octanol–water partition coefficient (Wildman–Crippen LogP) is 3.69. The first-order chi connectivity index (χ1) is 9.65. The monoisotopic (exact) mass is 265 g/mol. The van der Waals surface area contributed by atoms with E-state index in [2.05, 4.69) is 0 Å². The summed E-state index contributed by atoms with van der Waals surface area (Å²) in [6, 6.07) is 11.7. The molecule has 2 N–H and O–H groups in total. The fourth-order valence-electron chi connectivity index (χ4n) is 2.86. The highest BCUT2D eigenvalue weighted by atomic mass is 16.1. The maximum Gasteiger partial charge on any atom is 0.195 e. The number of rotatable bonds is 2. The topological polar surface area (TPSA) is 43.1 Å². The molecule has 3 rings (SSSR count). The zero-order valence-electron chi connectivity index (χ0n) is 11.8. The first-order valence-corrected chi connectivity index (χ1v) is 7.18. The van der Waals surface area contributed by atoms with Gasteiger partial charge in [-0.2, -0.15) is 0 Å². The lowest BCUT2D eigenvalue weighted by Crippen LogP contribution is -2.10. The van der Waals surface area contributed by atoms with E-state index in [1.165, 1.54) is 24.0 Å². The molecule has 102 valence electrons. The Kier molecular flexibility index (Phi) is 3.31. The van der Waals surface area contributed by atoms with Crippen LogP contribution >= 0.6 is 0 Å². The number of hydrogen-bond acceptors (Lipinski definition) is 2. The normalized spacial score (nSPS) is 13.8. The number of benzene rings is 2. The SMILES string of the molecule is Cc1ccc(C(=O)c2cc3c(cc2N)CCCC3)cc1. The highest BCUT2D eigenvalue weighted by Gasteiger charge is 2.17. The highest BCUT2D eigenvalue weighted by molar-refractivity contribution is 6.12. The van der Waals surface area contributed by atoms with Gasteiger partial charge in [0.1, 0.15) is 0 Å². The fraction of sp³-hybridized carbons (Fsp3) is 0.278. The van der Waals surface area contributed by atoms with Crippen molar-refractivity contribution >= 4 is 11.5 Å². The van der Waals surface area contributed by atoms with E-state index < -0.39 is 0 Å². The molecule has 0 atom stereocenters. The van der Waals surface area contributed by atoms with Crippen molar-refractivity contribution in [1.82, 2.24) is 0 Å². The lowest BCUT2D eigenvalue weighted by atomic mass is 9.88. The molecule has 2 heteroatoms. The van der Waals surface area contributed by atoms with Gasteiger partial charge in [-0.3, -0.25) is 4.79 Å². The van der Waals surface area contributed by atoms with E-state index in [1.54, 1.807) is 0 Å². The van der Waals surface area contributed by atoms with Gasteiger partial charge in [0.15, 0.2) is 5.78 Å². The molecule has 0 aromatic heterocycles. The van der Waals surface area contributed by atoms with E-state index in [4.69, 9.17) is 5.73 Å². The average Bonchev–Trinajstić information content (AvgIpc) is 2.46. The van der Waals surface area contributed by atoms with Crippen LogP contribution in [0.2, 0.25) is 0 Å². The van der Waals surface area contributed by atoms with Crippen LogP contribution in [-0.2, 0) is 12.8 Å². The minimum Gasteiger partial charge on any atom is -0.398 e. The van der Waals surface area contributed by atoms with Crippen molar-refractivity contribution < 1.29 is 4.79 Å². The number of anilines is 1. The Balaban J connectivity index is 2.01. The molecule has 20 heavy (non-hydrogen) atoms. The third kappa shape index (κ3) is 2.34. The van der Waals surface area contributed by atoms with E-state index in [1.807, 2.05) is 43.3 Å². The molecule has 0 fully saturated rings. The summed E-state index contributed by atoms with van der Waals surface area (Å²) in [6.45, 7) is 2.02. The smallest absolute Gasteiger partial charge is 0.195 e. The number of ketones is 1. The maximum atomic E-state index is 12.6. The summed E-state index contributed by atoms with van der Waals surface area (Å²) < 4.78 is 0. The molecule has 1 aliphatic rings. The standard InChI is InChI=1S/C18H19NO/c1-12-6-8-13(9-7-12)18(20)16-10-14-4-2-3-5-15(14)11-17(16)19/h6-11H,2-5,19H2,1H3. The summed E-state index contributed by atoms with van der Waals surface area (Å²) in [6.07, 6.45) is 4.56. The van der Waals surface area contributed by atoms with Crippen molar-refractivity contribution in [3.63, 3.8) is 0 Å². The fourth-order valence-corrected chi connectivity index (χ4v) is 2.86. The molecule has 0 saturated carbocycles. The Labute approximate surface area is 119 Å². The van der Waals surface area contributed by atoms with Crippen LogP contribution in [-0.4, -0.2) is 5.78 Å². The van der Waals surface area contributed by atoms with Gasteiger partial charge < -0.3 is 5.73 Å². The van der Waals surface area contributed by atoms with Crippen LogP contribution in [0.15, 0.2) is 36.4 Å². The molecule has 0 spiro atoms. The maximum absolute atomic E-state index is 12.6. The quantitative estimate of drug-likeness (QED) is 0.664. The van der Waals surface area contributed by atoms with E-state index in [0.717, 1.165) is 18.4 Å². The largest absolute Gasteiger partial charge is 0.398 e. The zero-order valence-corrected chi connectivity index (χ0v) is 11.8. The Morgan fingerprint density at radius 1 is 1.00 bits per heavy atom. The van der Waals surface area contributed by atoms with Crippen LogP contribution in [0.4, 0.5) is 5.69 Å². The van der Waals surface area contributed by atoms with E-state index in [-0.39, 0.29) is 5.78 Å². The van der Waals surface area contributed by atoms with Gasteiger partial charge in [-0.25, -0.2) is 0 Å². The average molecular weight is 265 g/mol. The molecule has 0 amide bonds. The summed E-state index contributed by atoms with van der Waals surface area (Å²) in [7, 11) is 0. The third-order valence-corrected chi connectivity index (χ3v) is 4.07. The third-order valence-electron chi connectivity index (χ3n) is 4.07. The van der Waals surface area contributed by atoms with Gasteiger partial charge in [0.05, 0.1) is 0 Å². The Morgan fingerprint density at radius 3 is 2.25 bits per heavy atom. The molecule has 1 aliphatic carbocycles. The molecule has 2 aromatic carbocycles. The van der Waals surface area contributed by atoms with Crippen molar-refractivity contribution in [2.45, 2.75) is 32.6 Å². The first kappa shape index (κ1) is 12.9. The Morgan fingerprint density at radius 2 is 1.60 bits per heavy atom. The lowest BCUT2D eigenvalue weighted by molar-refractivity contribution is 0.103. The predicted molar refractivity (Wildman–Crippen MR) is 82.1 cm³/mol. The van der Waals surface area contributed by atoms with Gasteiger partial charge in [0, 0.05) is 16.8 Å². The van der Waals surface area contributed by atoms with E-state index in [9.17, 15) is 4.79 Å². The molecule has 0 aliphatic heterocycles.